The molecule has 0 spiro atoms. The molecule has 0 atom stereocenters. The summed E-state index contributed by atoms with van der Waals surface area (Å²) in [6, 6.07) is 7.67. The van der Waals surface area contributed by atoms with Gasteiger partial charge in [0, 0.05) is 12.6 Å². The van der Waals surface area contributed by atoms with Gasteiger partial charge in [-0.05, 0) is 37.0 Å². The van der Waals surface area contributed by atoms with Gasteiger partial charge in [-0.3, -0.25) is 9.59 Å². The van der Waals surface area contributed by atoms with E-state index in [4.69, 9.17) is 4.74 Å². The third kappa shape index (κ3) is 10.2. The van der Waals surface area contributed by atoms with Crippen molar-refractivity contribution in [1.82, 2.24) is 4.90 Å². The summed E-state index contributed by atoms with van der Waals surface area (Å²) in [4.78, 5) is 25.8. The fourth-order valence-electron chi connectivity index (χ4n) is 2.97. The molecule has 0 unspecified atom stereocenters. The van der Waals surface area contributed by atoms with Crippen molar-refractivity contribution >= 4 is 11.9 Å². The Morgan fingerprint density at radius 1 is 0.852 bits per heavy atom. The second-order valence-electron chi connectivity index (χ2n) is 7.30. The van der Waals surface area contributed by atoms with Crippen molar-refractivity contribution in [2.75, 3.05) is 20.2 Å². The number of rotatable bonds is 14. The van der Waals surface area contributed by atoms with E-state index in [1.54, 1.807) is 7.05 Å². The summed E-state index contributed by atoms with van der Waals surface area (Å²) in [6.07, 6.45) is 11.6. The highest BCUT2D eigenvalue weighted by molar-refractivity contribution is 5.95. The zero-order valence-electron chi connectivity index (χ0n) is 17.5. The number of ether oxygens (including phenoxy) is 1. The second-order valence-corrected chi connectivity index (χ2v) is 7.30. The fraction of sp³-hybridized carbons (Fsp3) is 0.652. The maximum Gasteiger partial charge on any atom is 0.325 e. The number of likely N-dealkylation sites (N-methyl/N-ethyl adjacent to an activating group) is 1. The lowest BCUT2D eigenvalue weighted by Crippen LogP contribution is -2.33. The van der Waals surface area contributed by atoms with Crippen LogP contribution in [0.4, 0.5) is 0 Å². The van der Waals surface area contributed by atoms with Gasteiger partial charge in [0.2, 0.25) is 0 Å². The molecule has 0 aliphatic heterocycles. The number of benzene rings is 1. The number of nitrogens with zero attached hydrogens (tertiary/aromatic N) is 1. The first-order chi connectivity index (χ1) is 13.1. The predicted octanol–water partition coefficient (Wildman–Crippen LogP) is 5.40. The molecule has 4 nitrogen and oxygen atoms in total. The number of amides is 1. The summed E-state index contributed by atoms with van der Waals surface area (Å²) < 4.78 is 5.26. The monoisotopic (exact) mass is 375 g/mol. The van der Waals surface area contributed by atoms with Gasteiger partial charge in [0.05, 0.1) is 6.61 Å². The van der Waals surface area contributed by atoms with Crippen LogP contribution in [-0.4, -0.2) is 37.0 Å². The fourth-order valence-corrected chi connectivity index (χ4v) is 2.97. The molecule has 0 aliphatic rings. The van der Waals surface area contributed by atoms with Crippen LogP contribution in [0, 0.1) is 0 Å². The maximum absolute atomic E-state index is 12.4. The summed E-state index contributed by atoms with van der Waals surface area (Å²) in [5, 5.41) is 0. The molecule has 152 valence electrons. The van der Waals surface area contributed by atoms with Crippen LogP contribution in [-0.2, 0) is 16.0 Å². The molecule has 0 aromatic heterocycles. The Morgan fingerprint density at radius 2 is 1.44 bits per heavy atom. The van der Waals surface area contributed by atoms with Crippen LogP contribution >= 0.6 is 0 Å². The molecule has 27 heavy (non-hydrogen) atoms. The van der Waals surface area contributed by atoms with E-state index in [1.165, 1.54) is 42.6 Å². The van der Waals surface area contributed by atoms with Crippen molar-refractivity contribution in [3.63, 3.8) is 0 Å². The Balaban J connectivity index is 2.24. The largest absolute Gasteiger partial charge is 0.464 e. The standard InChI is InChI=1S/C23H37NO3/c1-4-6-8-9-10-11-12-18-27-22(25)19-24(3)23(26)21-16-14-20(15-17-21)13-7-5-2/h14-17H,4-13,18-19H2,1-3H3. The van der Waals surface area contributed by atoms with E-state index in [-0.39, 0.29) is 18.4 Å². The van der Waals surface area contributed by atoms with Gasteiger partial charge in [-0.15, -0.1) is 0 Å². The molecule has 0 aliphatic carbocycles. The highest BCUT2D eigenvalue weighted by atomic mass is 16.5. The van der Waals surface area contributed by atoms with E-state index < -0.39 is 0 Å². The molecular formula is C23H37NO3. The van der Waals surface area contributed by atoms with Crippen molar-refractivity contribution < 1.29 is 14.3 Å². The molecule has 0 fully saturated rings. The third-order valence-corrected chi connectivity index (χ3v) is 4.74. The van der Waals surface area contributed by atoms with E-state index >= 15 is 0 Å². The number of hydrogen-bond acceptors (Lipinski definition) is 3. The predicted molar refractivity (Wildman–Crippen MR) is 111 cm³/mol. The number of esters is 1. The Bertz CT molecular complexity index is 539. The van der Waals surface area contributed by atoms with E-state index in [2.05, 4.69) is 13.8 Å². The van der Waals surface area contributed by atoms with Gasteiger partial charge in [-0.1, -0.05) is 70.9 Å². The first-order valence-corrected chi connectivity index (χ1v) is 10.6. The normalized spacial score (nSPS) is 10.6. The Labute approximate surface area is 165 Å². The van der Waals surface area contributed by atoms with Crippen LogP contribution in [0.3, 0.4) is 0 Å². The molecule has 0 saturated heterocycles. The molecule has 1 aromatic rings. The molecule has 1 amide bonds. The molecule has 1 rings (SSSR count). The minimum atomic E-state index is -0.337. The van der Waals surface area contributed by atoms with E-state index in [0.29, 0.717) is 12.2 Å². The second kappa shape index (κ2) is 14.2. The smallest absolute Gasteiger partial charge is 0.325 e. The maximum atomic E-state index is 12.4. The topological polar surface area (TPSA) is 46.6 Å². The van der Waals surface area contributed by atoms with Crippen molar-refractivity contribution in [3.05, 3.63) is 35.4 Å². The third-order valence-electron chi connectivity index (χ3n) is 4.74. The Kier molecular flexibility index (Phi) is 12.2. The van der Waals surface area contributed by atoms with Crippen molar-refractivity contribution in [3.8, 4) is 0 Å². The van der Waals surface area contributed by atoms with Gasteiger partial charge < -0.3 is 9.64 Å². The minimum Gasteiger partial charge on any atom is -0.464 e. The lowest BCUT2D eigenvalue weighted by molar-refractivity contribution is -0.144. The summed E-state index contributed by atoms with van der Waals surface area (Å²) in [6.45, 7) is 4.82. The van der Waals surface area contributed by atoms with E-state index in [0.717, 1.165) is 32.1 Å². The first kappa shape index (κ1) is 23.2. The van der Waals surface area contributed by atoms with Crippen molar-refractivity contribution in [2.45, 2.75) is 78.1 Å². The van der Waals surface area contributed by atoms with Gasteiger partial charge in [0.25, 0.3) is 5.91 Å². The summed E-state index contributed by atoms with van der Waals surface area (Å²) in [5.74, 6) is -0.485. The van der Waals surface area contributed by atoms with Crippen LogP contribution in [0.1, 0.15) is 87.6 Å². The van der Waals surface area contributed by atoms with Gasteiger partial charge in [0.15, 0.2) is 0 Å². The van der Waals surface area contributed by atoms with Crippen LogP contribution < -0.4 is 0 Å². The van der Waals surface area contributed by atoms with E-state index in [9.17, 15) is 9.59 Å². The summed E-state index contributed by atoms with van der Waals surface area (Å²) >= 11 is 0. The quantitative estimate of drug-likeness (QED) is 0.323. The van der Waals surface area contributed by atoms with Crippen LogP contribution in [0.25, 0.3) is 0 Å². The Morgan fingerprint density at radius 3 is 2.07 bits per heavy atom. The number of carbonyl (C=O) groups is 2. The molecule has 0 bridgehead atoms. The number of aryl methyl sites for hydroxylation is 1. The van der Waals surface area contributed by atoms with Crippen molar-refractivity contribution in [1.29, 1.82) is 0 Å². The van der Waals surface area contributed by atoms with Crippen molar-refractivity contribution in [2.24, 2.45) is 0 Å². The summed E-state index contributed by atoms with van der Waals surface area (Å²) in [7, 11) is 1.64. The van der Waals surface area contributed by atoms with Gasteiger partial charge in [0.1, 0.15) is 6.54 Å². The summed E-state index contributed by atoms with van der Waals surface area (Å²) in [5.41, 5.74) is 1.85. The van der Waals surface area contributed by atoms with Crippen LogP contribution in [0.2, 0.25) is 0 Å². The zero-order chi connectivity index (χ0) is 19.9. The molecule has 0 N–H and O–H groups in total. The first-order valence-electron chi connectivity index (χ1n) is 10.6. The lowest BCUT2D eigenvalue weighted by Gasteiger charge is -2.16. The average Bonchev–Trinajstić information content (AvgIpc) is 2.68. The van der Waals surface area contributed by atoms with Gasteiger partial charge >= 0.3 is 5.97 Å². The van der Waals surface area contributed by atoms with Gasteiger partial charge in [-0.25, -0.2) is 0 Å². The molecule has 0 radical (unpaired) electrons. The van der Waals surface area contributed by atoms with Gasteiger partial charge in [-0.2, -0.15) is 0 Å². The molecule has 1 aromatic carbocycles. The number of unbranched alkanes of at least 4 members (excludes halogenated alkanes) is 7. The molecule has 0 heterocycles. The zero-order valence-corrected chi connectivity index (χ0v) is 17.5. The van der Waals surface area contributed by atoms with E-state index in [1.807, 2.05) is 24.3 Å². The molecule has 0 saturated carbocycles. The minimum absolute atomic E-state index is 0.00702. The number of hydrogen-bond donors (Lipinski definition) is 0. The SMILES string of the molecule is CCCCCCCCCOC(=O)CN(C)C(=O)c1ccc(CCCC)cc1. The average molecular weight is 376 g/mol. The lowest BCUT2D eigenvalue weighted by atomic mass is 10.1. The Hall–Kier alpha value is -1.84. The highest BCUT2D eigenvalue weighted by Gasteiger charge is 2.15. The highest BCUT2D eigenvalue weighted by Crippen LogP contribution is 2.10. The van der Waals surface area contributed by atoms with Crippen LogP contribution in [0.15, 0.2) is 24.3 Å². The molecule has 4 heteroatoms. The van der Waals surface area contributed by atoms with Crippen LogP contribution in [0.5, 0.6) is 0 Å². The number of carbonyl (C=O) groups excluding carboxylic acids is 2. The molecular weight excluding hydrogens is 338 g/mol.